The Kier molecular flexibility index (Phi) is 5.97. The molecule has 0 radical (unpaired) electrons. The highest BCUT2D eigenvalue weighted by Crippen LogP contribution is 2.40. The maximum Gasteiger partial charge on any atom is 0.313 e. The Morgan fingerprint density at radius 1 is 1.25 bits per heavy atom. The molecule has 1 aliphatic heterocycles. The van der Waals surface area contributed by atoms with Crippen LogP contribution in [0.3, 0.4) is 0 Å². The number of piperidine rings is 1. The van der Waals surface area contributed by atoms with Crippen LogP contribution >= 0.6 is 11.3 Å². The second-order valence-corrected chi connectivity index (χ2v) is 9.54. The van der Waals surface area contributed by atoms with Crippen molar-refractivity contribution in [2.24, 2.45) is 5.92 Å². The van der Waals surface area contributed by atoms with Crippen molar-refractivity contribution < 1.29 is 9.59 Å². The maximum atomic E-state index is 13.3. The Morgan fingerprint density at radius 2 is 2.00 bits per heavy atom. The summed E-state index contributed by atoms with van der Waals surface area (Å²) in [5.41, 5.74) is 10.3. The normalized spacial score (nSPS) is 20.7. The summed E-state index contributed by atoms with van der Waals surface area (Å²) in [4.78, 5) is 37.2. The van der Waals surface area contributed by atoms with E-state index in [4.69, 9.17) is 5.73 Å². The first kappa shape index (κ1) is 22.0. The zero-order chi connectivity index (χ0) is 22.9. The lowest BCUT2D eigenvalue weighted by Crippen LogP contribution is -2.55. The lowest BCUT2D eigenvalue weighted by Gasteiger charge is -2.47. The number of nitrogens with one attached hydrogen (secondary N) is 1. The topological polar surface area (TPSA) is 101 Å². The number of hydrogen-bond donors (Lipinski definition) is 2. The van der Waals surface area contributed by atoms with Crippen molar-refractivity contribution in [3.8, 4) is 10.4 Å². The van der Waals surface area contributed by atoms with E-state index >= 15 is 0 Å². The van der Waals surface area contributed by atoms with E-state index in [-0.39, 0.29) is 0 Å². The number of aromatic nitrogens is 2. The molecule has 4 rings (SSSR count). The number of anilines is 2. The number of nitrogens with zero attached hydrogens (tertiary/aromatic N) is 3. The van der Waals surface area contributed by atoms with Crippen LogP contribution in [-0.2, 0) is 15.1 Å². The molecule has 1 fully saturated rings. The summed E-state index contributed by atoms with van der Waals surface area (Å²) < 4.78 is 0. The summed E-state index contributed by atoms with van der Waals surface area (Å²) in [5, 5.41) is 2.69. The van der Waals surface area contributed by atoms with Gasteiger partial charge in [-0.05, 0) is 55.4 Å². The summed E-state index contributed by atoms with van der Waals surface area (Å²) in [5.74, 6) is -0.497. The minimum Gasteiger partial charge on any atom is -0.383 e. The van der Waals surface area contributed by atoms with Gasteiger partial charge in [0.25, 0.3) is 0 Å². The monoisotopic (exact) mass is 449 g/mol. The molecule has 32 heavy (non-hydrogen) atoms. The van der Waals surface area contributed by atoms with Crippen molar-refractivity contribution in [2.75, 3.05) is 17.6 Å². The van der Waals surface area contributed by atoms with E-state index in [9.17, 15) is 9.59 Å². The molecule has 3 aromatic rings. The van der Waals surface area contributed by atoms with Crippen molar-refractivity contribution in [1.82, 2.24) is 14.9 Å². The van der Waals surface area contributed by atoms with E-state index in [0.717, 1.165) is 34.4 Å². The van der Waals surface area contributed by atoms with Gasteiger partial charge in [0.1, 0.15) is 5.82 Å². The summed E-state index contributed by atoms with van der Waals surface area (Å²) >= 11 is 1.59. The molecule has 3 heterocycles. The van der Waals surface area contributed by atoms with Crippen LogP contribution in [0.1, 0.15) is 37.8 Å². The highest BCUT2D eigenvalue weighted by Gasteiger charge is 2.43. The number of benzene rings is 1. The predicted molar refractivity (Wildman–Crippen MR) is 127 cm³/mol. The number of carbonyl (C=O) groups excluding carboxylic acids is 2. The number of pyridine rings is 1. The summed E-state index contributed by atoms with van der Waals surface area (Å²) in [6.07, 6.45) is 5.08. The molecule has 0 saturated carbocycles. The van der Waals surface area contributed by atoms with Gasteiger partial charge < -0.3 is 16.0 Å². The predicted octanol–water partition coefficient (Wildman–Crippen LogP) is 4.21. The van der Waals surface area contributed by atoms with E-state index in [2.05, 4.69) is 46.5 Å². The third-order valence-corrected chi connectivity index (χ3v) is 7.08. The fraction of sp³-hybridized carbons (Fsp3) is 0.333. The van der Waals surface area contributed by atoms with Gasteiger partial charge in [-0.2, -0.15) is 0 Å². The molecule has 8 heteroatoms. The van der Waals surface area contributed by atoms with Crippen LogP contribution in [0.4, 0.5) is 11.5 Å². The van der Waals surface area contributed by atoms with Crippen LogP contribution in [0.2, 0.25) is 0 Å². The highest BCUT2D eigenvalue weighted by molar-refractivity contribution is 7.13. The summed E-state index contributed by atoms with van der Waals surface area (Å²) in [6, 6.07) is 9.92. The van der Waals surface area contributed by atoms with Crippen LogP contribution in [0.25, 0.3) is 10.4 Å². The Morgan fingerprint density at radius 3 is 2.66 bits per heavy atom. The Labute approximate surface area is 191 Å². The highest BCUT2D eigenvalue weighted by atomic mass is 32.1. The van der Waals surface area contributed by atoms with Gasteiger partial charge in [-0.1, -0.05) is 31.2 Å². The average molecular weight is 450 g/mol. The molecule has 2 amide bonds. The van der Waals surface area contributed by atoms with Crippen molar-refractivity contribution in [2.45, 2.75) is 39.2 Å². The van der Waals surface area contributed by atoms with Gasteiger partial charge in [-0.3, -0.25) is 14.6 Å². The molecule has 1 aromatic carbocycles. The first-order valence-corrected chi connectivity index (χ1v) is 11.5. The molecule has 3 N–H and O–H groups in total. The SMILES string of the molecule is Cc1cc(NC(=O)C(=O)N2C[C@@H](C)CC[C@@]2(C)c2ccc(-c3cncs3)cc2)cnc1N. The van der Waals surface area contributed by atoms with Crippen LogP contribution in [0.5, 0.6) is 0 Å². The summed E-state index contributed by atoms with van der Waals surface area (Å²) in [7, 11) is 0. The minimum atomic E-state index is -0.669. The number of carbonyl (C=O) groups is 2. The quantitative estimate of drug-likeness (QED) is 0.584. The fourth-order valence-corrected chi connectivity index (χ4v) is 4.82. The van der Waals surface area contributed by atoms with Crippen molar-refractivity contribution in [3.05, 3.63) is 59.4 Å². The zero-order valence-corrected chi connectivity index (χ0v) is 19.3. The van der Waals surface area contributed by atoms with Crippen molar-refractivity contribution >= 4 is 34.7 Å². The van der Waals surface area contributed by atoms with E-state index in [1.54, 1.807) is 29.2 Å². The molecule has 0 spiro atoms. The number of likely N-dealkylation sites (tertiary alicyclic amines) is 1. The second-order valence-electron chi connectivity index (χ2n) is 8.66. The largest absolute Gasteiger partial charge is 0.383 e. The minimum absolute atomic E-state index is 0.316. The number of nitrogen functional groups attached to an aromatic ring is 1. The maximum absolute atomic E-state index is 13.3. The number of thiazole rings is 1. The molecule has 2 atom stereocenters. The molecule has 0 unspecified atom stereocenters. The molecule has 7 nitrogen and oxygen atoms in total. The number of rotatable bonds is 3. The smallest absolute Gasteiger partial charge is 0.313 e. The lowest BCUT2D eigenvalue weighted by atomic mass is 9.78. The van der Waals surface area contributed by atoms with Crippen molar-refractivity contribution in [1.29, 1.82) is 0 Å². The Balaban J connectivity index is 1.58. The van der Waals surface area contributed by atoms with Gasteiger partial charge in [0.2, 0.25) is 0 Å². The molecule has 0 bridgehead atoms. The third-order valence-electron chi connectivity index (χ3n) is 6.25. The van der Waals surface area contributed by atoms with Crippen LogP contribution in [0, 0.1) is 12.8 Å². The lowest BCUT2D eigenvalue weighted by molar-refractivity contribution is -0.150. The van der Waals surface area contributed by atoms with Crippen LogP contribution in [0.15, 0.2) is 48.2 Å². The number of nitrogens with two attached hydrogens (primary N) is 1. The third kappa shape index (κ3) is 4.23. The second kappa shape index (κ2) is 8.70. The number of amides is 2. The van der Waals surface area contributed by atoms with Gasteiger partial charge >= 0.3 is 11.8 Å². The molecule has 2 aromatic heterocycles. The molecule has 166 valence electrons. The molecule has 1 saturated heterocycles. The Bertz CT molecular complexity index is 1130. The zero-order valence-electron chi connectivity index (χ0n) is 18.5. The summed E-state index contributed by atoms with van der Waals surface area (Å²) in [6.45, 7) is 6.48. The van der Waals surface area contributed by atoms with Crippen LogP contribution < -0.4 is 11.1 Å². The fourth-order valence-electron chi connectivity index (χ4n) is 4.19. The standard InChI is InChI=1S/C24H27N5O2S/c1-15-8-9-24(3,18-6-4-17(5-7-18)20-12-26-14-32-20)29(13-15)23(31)22(30)28-19-10-16(2)21(25)27-11-19/h4-7,10-12,14-15H,8-9,13H2,1-3H3,(H2,25,27)(H,28,30)/t15-,24-/m0/s1. The molecular formula is C24H27N5O2S. The van der Waals surface area contributed by atoms with Crippen molar-refractivity contribution in [3.63, 3.8) is 0 Å². The first-order valence-electron chi connectivity index (χ1n) is 10.6. The van der Waals surface area contributed by atoms with E-state index in [1.165, 1.54) is 6.20 Å². The van der Waals surface area contributed by atoms with Gasteiger partial charge in [0.05, 0.1) is 27.8 Å². The number of aryl methyl sites for hydroxylation is 1. The average Bonchev–Trinajstić information content (AvgIpc) is 3.32. The van der Waals surface area contributed by atoms with Crippen LogP contribution in [-0.4, -0.2) is 33.2 Å². The molecule has 0 aliphatic carbocycles. The Hall–Kier alpha value is -3.26. The molecular weight excluding hydrogens is 422 g/mol. The van der Waals surface area contributed by atoms with Gasteiger partial charge in [0.15, 0.2) is 0 Å². The van der Waals surface area contributed by atoms with E-state index in [0.29, 0.717) is 24.0 Å². The van der Waals surface area contributed by atoms with Gasteiger partial charge in [-0.25, -0.2) is 4.98 Å². The van der Waals surface area contributed by atoms with E-state index in [1.807, 2.05) is 18.6 Å². The van der Waals surface area contributed by atoms with Gasteiger partial charge in [0, 0.05) is 12.7 Å². The van der Waals surface area contributed by atoms with Gasteiger partial charge in [-0.15, -0.1) is 11.3 Å². The number of hydrogen-bond acceptors (Lipinski definition) is 6. The first-order chi connectivity index (χ1) is 15.3. The van der Waals surface area contributed by atoms with E-state index < -0.39 is 17.4 Å². The molecule has 1 aliphatic rings.